The number of aliphatic carboxylic acids is 1. The summed E-state index contributed by atoms with van der Waals surface area (Å²) in [6.45, 7) is 0. The molecule has 3 rings (SSSR count). The van der Waals surface area contributed by atoms with Crippen LogP contribution in [0.1, 0.15) is 23.1 Å². The molecule has 0 radical (unpaired) electrons. The lowest BCUT2D eigenvalue weighted by atomic mass is 9.77. The van der Waals surface area contributed by atoms with Crippen LogP contribution in [0.2, 0.25) is 0 Å². The lowest BCUT2D eigenvalue weighted by Gasteiger charge is -2.37. The van der Waals surface area contributed by atoms with Gasteiger partial charge < -0.3 is 21.6 Å². The van der Waals surface area contributed by atoms with Gasteiger partial charge in [0.05, 0.1) is 6.42 Å². The summed E-state index contributed by atoms with van der Waals surface area (Å²) in [5, 5.41) is 12.2. The molecule has 1 amide bonds. The van der Waals surface area contributed by atoms with Gasteiger partial charge >= 0.3 is 5.97 Å². The van der Waals surface area contributed by atoms with Crippen molar-refractivity contribution in [2.24, 2.45) is 5.73 Å². The molecule has 0 bridgehead atoms. The molecular weight excluding hydrogens is 368 g/mol. The molecule has 0 spiro atoms. The van der Waals surface area contributed by atoms with Crippen molar-refractivity contribution in [3.05, 3.63) is 108 Å². The van der Waals surface area contributed by atoms with Gasteiger partial charge in [0.1, 0.15) is 11.6 Å². The van der Waals surface area contributed by atoms with Gasteiger partial charge in [0.15, 0.2) is 0 Å². The maximum Gasteiger partial charge on any atom is 0.321 e. The average molecular weight is 392 g/mol. The third-order valence-corrected chi connectivity index (χ3v) is 4.67. The van der Waals surface area contributed by atoms with Crippen molar-refractivity contribution in [2.75, 3.05) is 0 Å². The lowest BCUT2D eigenvalue weighted by Crippen LogP contribution is -2.49. The number of benzene rings is 3. The first kappa shape index (κ1) is 21.8. The van der Waals surface area contributed by atoms with Gasteiger partial charge in [-0.3, -0.25) is 9.59 Å². The molecule has 6 heteroatoms. The van der Waals surface area contributed by atoms with E-state index in [0.29, 0.717) is 0 Å². The smallest absolute Gasteiger partial charge is 0.321 e. The SMILES string of the molecule is NC(CC(=O)NC(c1ccccc1)(c1ccccc1)c1ccccc1)C(=O)O.O. The van der Waals surface area contributed by atoms with Gasteiger partial charge in [-0.1, -0.05) is 91.0 Å². The maximum atomic E-state index is 12.8. The van der Waals surface area contributed by atoms with Crippen LogP contribution in [0.25, 0.3) is 0 Å². The number of nitrogens with two attached hydrogens (primary N) is 1. The predicted octanol–water partition coefficient (Wildman–Crippen LogP) is 2.07. The Balaban J connectivity index is 0.00000300. The molecule has 0 fully saturated rings. The Morgan fingerprint density at radius 3 is 1.45 bits per heavy atom. The van der Waals surface area contributed by atoms with Gasteiger partial charge in [0.2, 0.25) is 5.91 Å². The number of nitrogens with one attached hydrogen (secondary N) is 1. The number of hydrogen-bond donors (Lipinski definition) is 3. The number of carboxylic acids is 1. The van der Waals surface area contributed by atoms with Crippen LogP contribution in [0.3, 0.4) is 0 Å². The van der Waals surface area contributed by atoms with Crippen LogP contribution in [0.15, 0.2) is 91.0 Å². The van der Waals surface area contributed by atoms with Gasteiger partial charge in [-0.15, -0.1) is 0 Å². The second kappa shape index (κ2) is 9.64. The Morgan fingerprint density at radius 2 is 1.14 bits per heavy atom. The minimum Gasteiger partial charge on any atom is -0.480 e. The van der Waals surface area contributed by atoms with Crippen LogP contribution in [0.4, 0.5) is 0 Å². The van der Waals surface area contributed by atoms with Crippen molar-refractivity contribution in [3.63, 3.8) is 0 Å². The Kier molecular flexibility index (Phi) is 7.25. The highest BCUT2D eigenvalue weighted by molar-refractivity contribution is 5.85. The second-order valence-corrected chi connectivity index (χ2v) is 6.55. The van der Waals surface area contributed by atoms with Gasteiger partial charge in [-0.25, -0.2) is 0 Å². The normalized spacial score (nSPS) is 11.8. The van der Waals surface area contributed by atoms with Crippen LogP contribution in [0, 0.1) is 0 Å². The Bertz CT molecular complexity index is 834. The van der Waals surface area contributed by atoms with E-state index in [0.717, 1.165) is 16.7 Å². The molecule has 0 aliphatic carbocycles. The lowest BCUT2D eigenvalue weighted by molar-refractivity contribution is -0.140. The Labute approximate surface area is 169 Å². The van der Waals surface area contributed by atoms with E-state index in [-0.39, 0.29) is 11.9 Å². The number of carbonyl (C=O) groups is 2. The van der Waals surface area contributed by atoms with Crippen molar-refractivity contribution >= 4 is 11.9 Å². The van der Waals surface area contributed by atoms with E-state index in [1.165, 1.54) is 0 Å². The summed E-state index contributed by atoms with van der Waals surface area (Å²) in [7, 11) is 0. The van der Waals surface area contributed by atoms with E-state index in [1.807, 2.05) is 91.0 Å². The van der Waals surface area contributed by atoms with Crippen LogP contribution in [-0.2, 0) is 15.1 Å². The minimum absolute atomic E-state index is 0. The van der Waals surface area contributed by atoms with Gasteiger partial charge in [0.25, 0.3) is 0 Å². The molecule has 0 heterocycles. The number of carbonyl (C=O) groups excluding carboxylic acids is 1. The Morgan fingerprint density at radius 1 is 0.793 bits per heavy atom. The van der Waals surface area contributed by atoms with Crippen molar-refractivity contribution in [1.29, 1.82) is 0 Å². The fraction of sp³-hybridized carbons (Fsp3) is 0.130. The summed E-state index contributed by atoms with van der Waals surface area (Å²) < 4.78 is 0. The number of amides is 1. The van der Waals surface area contributed by atoms with Crippen LogP contribution < -0.4 is 11.1 Å². The second-order valence-electron chi connectivity index (χ2n) is 6.55. The average Bonchev–Trinajstić information content (AvgIpc) is 2.74. The third kappa shape index (κ3) is 4.68. The number of hydrogen-bond acceptors (Lipinski definition) is 3. The predicted molar refractivity (Wildman–Crippen MR) is 111 cm³/mol. The molecular formula is C23H24N2O4. The van der Waals surface area contributed by atoms with E-state index in [4.69, 9.17) is 10.8 Å². The number of rotatable bonds is 7. The Hall–Kier alpha value is -3.48. The summed E-state index contributed by atoms with van der Waals surface area (Å²) in [6, 6.07) is 27.6. The topological polar surface area (TPSA) is 124 Å². The van der Waals surface area contributed by atoms with Crippen molar-refractivity contribution in [1.82, 2.24) is 5.32 Å². The molecule has 6 N–H and O–H groups in total. The zero-order valence-corrected chi connectivity index (χ0v) is 15.8. The largest absolute Gasteiger partial charge is 0.480 e. The molecule has 6 nitrogen and oxygen atoms in total. The minimum atomic E-state index is -1.26. The summed E-state index contributed by atoms with van der Waals surface area (Å²) in [6.07, 6.45) is -0.316. The standard InChI is InChI=1S/C23H22N2O3.H2O/c24-20(22(27)28)16-21(26)25-23(17-10-4-1-5-11-17,18-12-6-2-7-13-18)19-14-8-3-9-15-19;/h1-15,20H,16,24H2,(H,25,26)(H,27,28);1H2. The summed E-state index contributed by atoms with van der Waals surface area (Å²) in [5.41, 5.74) is 7.22. The molecule has 0 aliphatic heterocycles. The highest BCUT2D eigenvalue weighted by Gasteiger charge is 2.38. The molecule has 150 valence electrons. The van der Waals surface area contributed by atoms with Gasteiger partial charge in [-0.05, 0) is 16.7 Å². The van der Waals surface area contributed by atoms with E-state index in [2.05, 4.69) is 5.32 Å². The van der Waals surface area contributed by atoms with Crippen LogP contribution >= 0.6 is 0 Å². The number of carboxylic acid groups (broad SMARTS) is 1. The summed E-state index contributed by atoms with van der Waals surface area (Å²) in [4.78, 5) is 23.9. The molecule has 1 atom stereocenters. The monoisotopic (exact) mass is 392 g/mol. The first-order valence-corrected chi connectivity index (χ1v) is 9.00. The molecule has 29 heavy (non-hydrogen) atoms. The van der Waals surface area contributed by atoms with Crippen LogP contribution in [-0.4, -0.2) is 28.5 Å². The molecule has 0 saturated heterocycles. The molecule has 1 unspecified atom stereocenters. The summed E-state index contributed by atoms with van der Waals surface area (Å²) >= 11 is 0. The zero-order valence-electron chi connectivity index (χ0n) is 15.8. The van der Waals surface area contributed by atoms with Crippen molar-refractivity contribution < 1.29 is 20.2 Å². The first-order valence-electron chi connectivity index (χ1n) is 9.00. The molecule has 3 aromatic carbocycles. The summed E-state index contributed by atoms with van der Waals surface area (Å²) in [5.74, 6) is -1.65. The molecule has 0 aliphatic rings. The fourth-order valence-electron chi connectivity index (χ4n) is 3.33. The quantitative estimate of drug-likeness (QED) is 0.532. The van der Waals surface area contributed by atoms with Crippen molar-refractivity contribution in [2.45, 2.75) is 18.0 Å². The first-order chi connectivity index (χ1) is 13.5. The van der Waals surface area contributed by atoms with E-state index in [1.54, 1.807) is 0 Å². The third-order valence-electron chi connectivity index (χ3n) is 4.67. The van der Waals surface area contributed by atoms with Crippen molar-refractivity contribution in [3.8, 4) is 0 Å². The van der Waals surface area contributed by atoms with E-state index in [9.17, 15) is 9.59 Å². The molecule has 0 aromatic heterocycles. The fourth-order valence-corrected chi connectivity index (χ4v) is 3.33. The maximum absolute atomic E-state index is 12.8. The molecule has 0 saturated carbocycles. The highest BCUT2D eigenvalue weighted by Crippen LogP contribution is 2.36. The van der Waals surface area contributed by atoms with Gasteiger partial charge in [-0.2, -0.15) is 0 Å². The zero-order chi connectivity index (χ0) is 20.0. The molecule has 3 aromatic rings. The van der Waals surface area contributed by atoms with Crippen LogP contribution in [0.5, 0.6) is 0 Å². The highest BCUT2D eigenvalue weighted by atomic mass is 16.4. The van der Waals surface area contributed by atoms with E-state index < -0.39 is 23.5 Å². The van der Waals surface area contributed by atoms with Gasteiger partial charge in [0, 0.05) is 0 Å². The van der Waals surface area contributed by atoms with E-state index >= 15 is 0 Å².